The van der Waals surface area contributed by atoms with Crippen molar-refractivity contribution >= 4 is 28.5 Å². The monoisotopic (exact) mass is 224 g/mol. The normalized spacial score (nSPS) is 10.6. The minimum atomic E-state index is 0.403. The van der Waals surface area contributed by atoms with Gasteiger partial charge in [-0.3, -0.25) is 5.01 Å². The van der Waals surface area contributed by atoms with E-state index in [0.717, 1.165) is 0 Å². The van der Waals surface area contributed by atoms with Crippen LogP contribution in [0.3, 0.4) is 0 Å². The summed E-state index contributed by atoms with van der Waals surface area (Å²) >= 11 is 5.78. The number of benzene rings is 1. The summed E-state index contributed by atoms with van der Waals surface area (Å²) in [6, 6.07) is 4.92. The van der Waals surface area contributed by atoms with Crippen LogP contribution in [-0.2, 0) is 0 Å². The van der Waals surface area contributed by atoms with Crippen LogP contribution in [0.5, 0.6) is 0 Å². The zero-order valence-corrected chi connectivity index (χ0v) is 8.77. The number of hydrogen-bond acceptors (Lipinski definition) is 4. The first-order chi connectivity index (χ1) is 7.08. The number of hydrazine groups is 1. The lowest BCUT2D eigenvalue weighted by atomic mass is 10.3. The van der Waals surface area contributed by atoms with Gasteiger partial charge in [0, 0.05) is 18.1 Å². The molecule has 15 heavy (non-hydrogen) atoms. The molecule has 0 amide bonds. The molecule has 1 heterocycles. The lowest BCUT2D eigenvalue weighted by Crippen LogP contribution is -2.33. The molecule has 0 aliphatic heterocycles. The van der Waals surface area contributed by atoms with Gasteiger partial charge in [-0.05, 0) is 12.1 Å². The molecule has 0 fully saturated rings. The van der Waals surface area contributed by atoms with E-state index in [-0.39, 0.29) is 0 Å². The minimum absolute atomic E-state index is 0.403. The van der Waals surface area contributed by atoms with Gasteiger partial charge in [0.25, 0.3) is 0 Å². The number of nitrogens with zero attached hydrogens (tertiary/aromatic N) is 3. The highest BCUT2D eigenvalue weighted by molar-refractivity contribution is 6.31. The quantitative estimate of drug-likeness (QED) is 0.337. The van der Waals surface area contributed by atoms with E-state index in [1.165, 1.54) is 11.2 Å². The van der Waals surface area contributed by atoms with Crippen LogP contribution in [0.2, 0.25) is 5.02 Å². The van der Waals surface area contributed by atoms with E-state index in [9.17, 15) is 5.21 Å². The molecule has 0 saturated carbocycles. The van der Waals surface area contributed by atoms with Gasteiger partial charge in [0.05, 0.1) is 0 Å². The summed E-state index contributed by atoms with van der Waals surface area (Å²) in [5.74, 6) is 5.90. The first kappa shape index (κ1) is 9.95. The Balaban J connectivity index is 2.73. The summed E-state index contributed by atoms with van der Waals surface area (Å²) in [6.45, 7) is 0. The van der Waals surface area contributed by atoms with Crippen LogP contribution in [0.15, 0.2) is 24.4 Å². The Labute approximate surface area is 91.2 Å². The largest absolute Gasteiger partial charge is 0.618 e. The van der Waals surface area contributed by atoms with Crippen molar-refractivity contribution in [1.29, 1.82) is 0 Å². The molecular formula is C9H9ClN4O. The van der Waals surface area contributed by atoms with Crippen molar-refractivity contribution in [2.75, 3.05) is 12.1 Å². The Morgan fingerprint density at radius 2 is 2.27 bits per heavy atom. The lowest BCUT2D eigenvalue weighted by molar-refractivity contribution is -0.576. The highest BCUT2D eigenvalue weighted by Crippen LogP contribution is 2.16. The van der Waals surface area contributed by atoms with E-state index in [0.29, 0.717) is 26.6 Å². The maximum Gasteiger partial charge on any atom is 0.244 e. The summed E-state index contributed by atoms with van der Waals surface area (Å²) in [5.41, 5.74) is 0.984. The number of anilines is 1. The fourth-order valence-electron chi connectivity index (χ4n) is 1.26. The predicted octanol–water partition coefficient (Wildman–Crippen LogP) is 0.831. The molecule has 0 radical (unpaired) electrons. The van der Waals surface area contributed by atoms with Gasteiger partial charge in [0.2, 0.25) is 17.5 Å². The topological polar surface area (TPSA) is 69.1 Å². The fraction of sp³-hybridized carbons (Fsp3) is 0.111. The van der Waals surface area contributed by atoms with Gasteiger partial charge in [-0.2, -0.15) is 4.73 Å². The second-order valence-electron chi connectivity index (χ2n) is 3.17. The molecule has 0 atom stereocenters. The van der Waals surface area contributed by atoms with Crippen LogP contribution >= 0.6 is 11.6 Å². The molecule has 1 aromatic heterocycles. The van der Waals surface area contributed by atoms with Crippen LogP contribution < -0.4 is 15.6 Å². The van der Waals surface area contributed by atoms with Crippen molar-refractivity contribution in [2.24, 2.45) is 5.84 Å². The highest BCUT2D eigenvalue weighted by atomic mass is 35.5. The second kappa shape index (κ2) is 3.52. The molecule has 2 aromatic rings. The van der Waals surface area contributed by atoms with E-state index in [1.54, 1.807) is 25.2 Å². The molecule has 0 spiro atoms. The average molecular weight is 225 g/mol. The van der Waals surface area contributed by atoms with E-state index < -0.39 is 0 Å². The number of aromatic nitrogens is 2. The number of fused-ring (bicyclic) bond motifs is 1. The van der Waals surface area contributed by atoms with Gasteiger partial charge >= 0.3 is 0 Å². The van der Waals surface area contributed by atoms with Crippen LogP contribution in [0.4, 0.5) is 5.82 Å². The minimum Gasteiger partial charge on any atom is -0.618 e. The van der Waals surface area contributed by atoms with E-state index in [2.05, 4.69) is 4.98 Å². The van der Waals surface area contributed by atoms with Crippen molar-refractivity contribution in [2.45, 2.75) is 0 Å². The highest BCUT2D eigenvalue weighted by Gasteiger charge is 2.10. The summed E-state index contributed by atoms with van der Waals surface area (Å²) < 4.78 is 0.701. The number of rotatable bonds is 1. The van der Waals surface area contributed by atoms with Crippen LogP contribution in [0.25, 0.3) is 11.0 Å². The zero-order valence-electron chi connectivity index (χ0n) is 8.01. The maximum atomic E-state index is 11.6. The number of nitrogens with two attached hydrogens (primary N) is 1. The molecule has 0 unspecified atom stereocenters. The third-order valence-electron chi connectivity index (χ3n) is 2.00. The van der Waals surface area contributed by atoms with Gasteiger partial charge in [-0.15, -0.1) is 0 Å². The van der Waals surface area contributed by atoms with Crippen molar-refractivity contribution in [3.63, 3.8) is 0 Å². The van der Waals surface area contributed by atoms with Crippen molar-refractivity contribution in [3.8, 4) is 0 Å². The zero-order chi connectivity index (χ0) is 11.0. The van der Waals surface area contributed by atoms with Gasteiger partial charge in [-0.1, -0.05) is 11.6 Å². The maximum absolute atomic E-state index is 11.6. The van der Waals surface area contributed by atoms with Crippen molar-refractivity contribution in [3.05, 3.63) is 34.6 Å². The first-order valence-electron chi connectivity index (χ1n) is 4.26. The molecule has 0 saturated heterocycles. The van der Waals surface area contributed by atoms with Gasteiger partial charge in [0.15, 0.2) is 0 Å². The third-order valence-corrected chi connectivity index (χ3v) is 2.24. The van der Waals surface area contributed by atoms with Crippen molar-refractivity contribution < 1.29 is 4.73 Å². The van der Waals surface area contributed by atoms with Crippen LogP contribution in [-0.4, -0.2) is 12.0 Å². The number of halogens is 1. The second-order valence-corrected chi connectivity index (χ2v) is 3.61. The van der Waals surface area contributed by atoms with Crippen molar-refractivity contribution in [1.82, 2.24) is 4.98 Å². The Morgan fingerprint density at radius 3 is 2.93 bits per heavy atom. The van der Waals surface area contributed by atoms with E-state index in [4.69, 9.17) is 17.4 Å². The molecule has 2 N–H and O–H groups in total. The van der Waals surface area contributed by atoms with E-state index in [1.807, 2.05) is 0 Å². The molecule has 2 rings (SSSR count). The van der Waals surface area contributed by atoms with E-state index >= 15 is 0 Å². The lowest BCUT2D eigenvalue weighted by Gasteiger charge is -2.10. The Bertz CT molecular complexity index is 515. The molecule has 0 aliphatic carbocycles. The molecule has 78 valence electrons. The SMILES string of the molecule is CN(N)c1c[n+]([O-])c2cc(Cl)ccc2n1. The third kappa shape index (κ3) is 1.79. The predicted molar refractivity (Wildman–Crippen MR) is 58.3 cm³/mol. The van der Waals surface area contributed by atoms with Gasteiger partial charge in [0.1, 0.15) is 5.52 Å². The molecule has 6 heteroatoms. The van der Waals surface area contributed by atoms with Crippen LogP contribution in [0.1, 0.15) is 0 Å². The Hall–Kier alpha value is -1.59. The smallest absolute Gasteiger partial charge is 0.244 e. The summed E-state index contributed by atoms with van der Waals surface area (Å²) in [6.07, 6.45) is 1.30. The fourth-order valence-corrected chi connectivity index (χ4v) is 1.43. The summed E-state index contributed by atoms with van der Waals surface area (Å²) in [4.78, 5) is 4.20. The standard InChI is InChI=1S/C9H9ClN4O/c1-13(11)9-5-14(15)8-4-6(10)2-3-7(8)12-9/h2-5H,11H2,1H3. The molecular weight excluding hydrogens is 216 g/mol. The van der Waals surface area contributed by atoms with Crippen LogP contribution in [0, 0.1) is 5.21 Å². The summed E-state index contributed by atoms with van der Waals surface area (Å²) in [5, 5.41) is 13.4. The first-order valence-corrected chi connectivity index (χ1v) is 4.63. The summed E-state index contributed by atoms with van der Waals surface area (Å²) in [7, 11) is 1.62. The average Bonchev–Trinajstić information content (AvgIpc) is 2.18. The molecule has 1 aromatic carbocycles. The Kier molecular flexibility index (Phi) is 2.34. The van der Waals surface area contributed by atoms with Gasteiger partial charge < -0.3 is 5.21 Å². The number of hydrogen-bond donors (Lipinski definition) is 1. The van der Waals surface area contributed by atoms with Gasteiger partial charge in [-0.25, -0.2) is 10.8 Å². The molecule has 0 bridgehead atoms. The Morgan fingerprint density at radius 1 is 1.53 bits per heavy atom. The molecule has 5 nitrogen and oxygen atoms in total. The molecule has 0 aliphatic rings.